The smallest absolute Gasteiger partial charge is 0.248 e. The van der Waals surface area contributed by atoms with Gasteiger partial charge in [-0.15, -0.1) is 0 Å². The molecule has 12 rings (SSSR count). The van der Waals surface area contributed by atoms with E-state index in [1.165, 1.54) is 10.8 Å². The Morgan fingerprint density at radius 1 is 0.423 bits per heavy atom. The number of hydrogen-bond acceptors (Lipinski definition) is 4. The number of aromatic nitrogens is 4. The minimum atomic E-state index is 0.494. The summed E-state index contributed by atoms with van der Waals surface area (Å²) in [5, 5.41) is 7.61. The first-order valence-electron chi connectivity index (χ1n) is 17.4. The molecule has 5 aromatic heterocycles. The van der Waals surface area contributed by atoms with Crippen LogP contribution in [-0.2, 0) is 0 Å². The molecule has 0 aliphatic carbocycles. The van der Waals surface area contributed by atoms with E-state index >= 15 is 0 Å². The van der Waals surface area contributed by atoms with Gasteiger partial charge >= 0.3 is 0 Å². The SMILES string of the molecule is c1ccc(-c2nc3c(nc2-n2c4ccccc4c4c(-n5c6ccccc6c6ccccc65)cc5oc6ccccc6c5c42)oc2ccccc23)cc1. The molecule has 5 heterocycles. The molecule has 0 saturated carbocycles. The third-order valence-corrected chi connectivity index (χ3v) is 10.5. The van der Waals surface area contributed by atoms with E-state index in [1.54, 1.807) is 0 Å². The molecule has 6 heteroatoms. The number of hydrogen-bond donors (Lipinski definition) is 0. The fourth-order valence-corrected chi connectivity index (χ4v) is 8.38. The first-order valence-corrected chi connectivity index (χ1v) is 17.4. The lowest BCUT2D eigenvalue weighted by Gasteiger charge is -2.14. The fraction of sp³-hybridized carbons (Fsp3) is 0. The van der Waals surface area contributed by atoms with E-state index in [9.17, 15) is 0 Å². The standard InChI is InChI=1S/C46H26N4O2/c1-2-14-27(15-3-1)42-45(48-46-43(47-42)32-20-8-13-25-38(32)52-46)50-35-23-11-6-18-30(35)40-36(26-39-41(44(40)50)31-19-7-12-24-37(31)51-39)49-33-21-9-4-16-28(33)29-17-5-10-22-34(29)49/h1-26H. The highest BCUT2D eigenvalue weighted by Crippen LogP contribution is 2.46. The van der Waals surface area contributed by atoms with Gasteiger partial charge in [0.05, 0.1) is 33.1 Å². The minimum absolute atomic E-state index is 0.494. The van der Waals surface area contributed by atoms with E-state index in [0.717, 1.165) is 88.2 Å². The van der Waals surface area contributed by atoms with Crippen LogP contribution in [0.4, 0.5) is 0 Å². The fourth-order valence-electron chi connectivity index (χ4n) is 8.38. The molecule has 0 N–H and O–H groups in total. The lowest BCUT2D eigenvalue weighted by atomic mass is 10.0. The van der Waals surface area contributed by atoms with Crippen LogP contribution in [0.3, 0.4) is 0 Å². The average Bonchev–Trinajstić information content (AvgIpc) is 3.95. The van der Waals surface area contributed by atoms with Gasteiger partial charge < -0.3 is 13.4 Å². The van der Waals surface area contributed by atoms with E-state index < -0.39 is 0 Å². The summed E-state index contributed by atoms with van der Waals surface area (Å²) in [5.74, 6) is 0.690. The second-order valence-corrected chi connectivity index (χ2v) is 13.3. The molecule has 0 unspecified atom stereocenters. The van der Waals surface area contributed by atoms with Gasteiger partial charge in [-0.25, -0.2) is 4.98 Å². The maximum absolute atomic E-state index is 6.75. The summed E-state index contributed by atoms with van der Waals surface area (Å²) < 4.78 is 17.8. The molecule has 12 aromatic rings. The molecule has 52 heavy (non-hydrogen) atoms. The maximum Gasteiger partial charge on any atom is 0.248 e. The number of rotatable bonds is 3. The van der Waals surface area contributed by atoms with Crippen molar-refractivity contribution < 1.29 is 8.83 Å². The van der Waals surface area contributed by atoms with Gasteiger partial charge in [0.2, 0.25) is 5.71 Å². The largest absolute Gasteiger partial charge is 0.456 e. The zero-order valence-corrected chi connectivity index (χ0v) is 27.6. The molecule has 0 bridgehead atoms. The Kier molecular flexibility index (Phi) is 5.41. The van der Waals surface area contributed by atoms with Crippen molar-refractivity contribution in [1.29, 1.82) is 0 Å². The molecule has 0 saturated heterocycles. The molecule has 0 aliphatic rings. The van der Waals surface area contributed by atoms with Crippen LogP contribution in [0.1, 0.15) is 0 Å². The third kappa shape index (κ3) is 3.62. The Morgan fingerprint density at radius 2 is 0.981 bits per heavy atom. The summed E-state index contributed by atoms with van der Waals surface area (Å²) in [6.45, 7) is 0. The van der Waals surface area contributed by atoms with E-state index in [4.69, 9.17) is 18.8 Å². The third-order valence-electron chi connectivity index (χ3n) is 10.5. The van der Waals surface area contributed by atoms with Crippen molar-refractivity contribution in [2.45, 2.75) is 0 Å². The average molecular weight is 667 g/mol. The Hall–Kier alpha value is -7.18. The summed E-state index contributed by atoms with van der Waals surface area (Å²) in [7, 11) is 0. The van der Waals surface area contributed by atoms with Crippen molar-refractivity contribution in [3.05, 3.63) is 158 Å². The van der Waals surface area contributed by atoms with Gasteiger partial charge in [-0.1, -0.05) is 115 Å². The second kappa shape index (κ2) is 10.2. The topological polar surface area (TPSA) is 61.9 Å². The van der Waals surface area contributed by atoms with Crippen LogP contribution in [0, 0.1) is 0 Å². The zero-order valence-electron chi connectivity index (χ0n) is 27.6. The van der Waals surface area contributed by atoms with E-state index in [2.05, 4.69) is 112 Å². The van der Waals surface area contributed by atoms with Gasteiger partial charge in [0.25, 0.3) is 0 Å². The minimum Gasteiger partial charge on any atom is -0.456 e. The van der Waals surface area contributed by atoms with E-state index in [-0.39, 0.29) is 0 Å². The van der Waals surface area contributed by atoms with Gasteiger partial charge in [-0.3, -0.25) is 4.57 Å². The molecule has 0 atom stereocenters. The highest BCUT2D eigenvalue weighted by Gasteiger charge is 2.27. The Balaban J connectivity index is 1.34. The van der Waals surface area contributed by atoms with Crippen LogP contribution >= 0.6 is 0 Å². The predicted octanol–water partition coefficient (Wildman–Crippen LogP) is 12.1. The molecule has 0 radical (unpaired) electrons. The Morgan fingerprint density at radius 3 is 1.69 bits per heavy atom. The monoisotopic (exact) mass is 666 g/mol. The summed E-state index contributed by atoms with van der Waals surface area (Å²) in [4.78, 5) is 10.8. The van der Waals surface area contributed by atoms with Gasteiger partial charge in [-0.05, 0) is 36.4 Å². The van der Waals surface area contributed by atoms with Crippen molar-refractivity contribution in [3.63, 3.8) is 0 Å². The number of para-hydroxylation sites is 5. The number of benzene rings is 7. The summed E-state index contributed by atoms with van der Waals surface area (Å²) >= 11 is 0. The number of furan rings is 2. The van der Waals surface area contributed by atoms with Crippen molar-refractivity contribution in [2.24, 2.45) is 0 Å². The molecule has 0 fully saturated rings. The van der Waals surface area contributed by atoms with Gasteiger partial charge in [0.15, 0.2) is 5.82 Å². The maximum atomic E-state index is 6.75. The summed E-state index contributed by atoms with van der Waals surface area (Å²) in [6, 6.07) is 54.7. The van der Waals surface area contributed by atoms with Crippen molar-refractivity contribution >= 4 is 87.7 Å². The molecular formula is C46H26N4O2. The van der Waals surface area contributed by atoms with Crippen LogP contribution in [0.5, 0.6) is 0 Å². The number of fused-ring (bicyclic) bond motifs is 13. The first-order chi connectivity index (χ1) is 25.8. The molecular weight excluding hydrogens is 641 g/mol. The quantitative estimate of drug-likeness (QED) is 0.188. The van der Waals surface area contributed by atoms with Crippen LogP contribution in [0.15, 0.2) is 167 Å². The van der Waals surface area contributed by atoms with Gasteiger partial charge in [0.1, 0.15) is 28.0 Å². The molecule has 7 aromatic carbocycles. The highest BCUT2D eigenvalue weighted by atomic mass is 16.3. The summed E-state index contributed by atoms with van der Waals surface area (Å²) in [5.41, 5.74) is 10.7. The molecule has 0 amide bonds. The molecule has 0 spiro atoms. The van der Waals surface area contributed by atoms with Crippen LogP contribution in [0.25, 0.3) is 111 Å². The van der Waals surface area contributed by atoms with Crippen LogP contribution in [0.2, 0.25) is 0 Å². The lowest BCUT2D eigenvalue weighted by Crippen LogP contribution is -2.03. The van der Waals surface area contributed by atoms with E-state index in [1.807, 2.05) is 54.6 Å². The Labute approximate surface area is 295 Å². The first kappa shape index (κ1) is 27.6. The highest BCUT2D eigenvalue weighted by molar-refractivity contribution is 6.28. The second-order valence-electron chi connectivity index (χ2n) is 13.3. The lowest BCUT2D eigenvalue weighted by molar-refractivity contribution is 0.652. The Bertz CT molecular complexity index is 3360. The molecule has 6 nitrogen and oxygen atoms in total. The van der Waals surface area contributed by atoms with Crippen molar-refractivity contribution in [1.82, 2.24) is 19.1 Å². The van der Waals surface area contributed by atoms with Gasteiger partial charge in [0, 0.05) is 43.9 Å². The van der Waals surface area contributed by atoms with E-state index in [0.29, 0.717) is 11.5 Å². The van der Waals surface area contributed by atoms with Gasteiger partial charge in [-0.2, -0.15) is 4.98 Å². The summed E-state index contributed by atoms with van der Waals surface area (Å²) in [6.07, 6.45) is 0. The van der Waals surface area contributed by atoms with Crippen LogP contribution in [-0.4, -0.2) is 19.1 Å². The normalized spacial score (nSPS) is 12.2. The predicted molar refractivity (Wildman–Crippen MR) is 211 cm³/mol. The molecule has 0 aliphatic heterocycles. The zero-order chi connectivity index (χ0) is 33.9. The van der Waals surface area contributed by atoms with Crippen molar-refractivity contribution in [2.75, 3.05) is 0 Å². The molecule has 242 valence electrons. The number of nitrogens with zero attached hydrogens (tertiary/aromatic N) is 4. The van der Waals surface area contributed by atoms with Crippen molar-refractivity contribution in [3.8, 4) is 22.8 Å². The van der Waals surface area contributed by atoms with Crippen LogP contribution < -0.4 is 0 Å².